The molecule has 0 bridgehead atoms. The fourth-order valence-electron chi connectivity index (χ4n) is 1.62. The van der Waals surface area contributed by atoms with Crippen molar-refractivity contribution in [1.29, 1.82) is 0 Å². The first-order valence-electron chi connectivity index (χ1n) is 5.50. The van der Waals surface area contributed by atoms with Crippen LogP contribution in [-0.4, -0.2) is 12.6 Å². The number of carbonyl (C=O) groups excluding carboxylic acids is 1. The van der Waals surface area contributed by atoms with E-state index in [0.29, 0.717) is 17.7 Å². The van der Waals surface area contributed by atoms with E-state index in [-0.39, 0.29) is 18.2 Å². The molecule has 6 heteroatoms. The second kappa shape index (κ2) is 7.11. The maximum Gasteiger partial charge on any atom is 0.307 e. The first-order valence-corrected chi connectivity index (χ1v) is 6.74. The number of carbonyl (C=O) groups is 1. The molecule has 1 N–H and O–H groups in total. The van der Waals surface area contributed by atoms with Gasteiger partial charge in [0.2, 0.25) is 0 Å². The van der Waals surface area contributed by atoms with E-state index in [0.717, 1.165) is 4.47 Å². The Morgan fingerprint density at radius 2 is 2.28 bits per heavy atom. The maximum atomic E-state index is 14.0. The molecule has 1 rings (SSSR count). The van der Waals surface area contributed by atoms with E-state index in [4.69, 9.17) is 4.74 Å². The number of hydrogen-bond acceptors (Lipinski definition) is 4. The van der Waals surface area contributed by atoms with E-state index in [9.17, 15) is 9.18 Å². The Balaban J connectivity index is 2.98. The van der Waals surface area contributed by atoms with Crippen molar-refractivity contribution < 1.29 is 13.9 Å². The number of thiol groups is 1. The Morgan fingerprint density at radius 1 is 1.61 bits per heavy atom. The standard InChI is InChI=1S/C12H15BrFNO2S/c1-3-17-11(16)6-10(15-18)9-5-8(13)4-7(2)12(9)14/h4-5,10,15,18H,3,6H2,1-2H3. The molecule has 0 saturated carbocycles. The molecule has 0 fully saturated rings. The van der Waals surface area contributed by atoms with Gasteiger partial charge in [-0.05, 0) is 31.5 Å². The van der Waals surface area contributed by atoms with Crippen molar-refractivity contribution >= 4 is 34.7 Å². The van der Waals surface area contributed by atoms with E-state index in [1.165, 1.54) is 0 Å². The summed E-state index contributed by atoms with van der Waals surface area (Å²) in [6.45, 7) is 3.70. The van der Waals surface area contributed by atoms with E-state index < -0.39 is 6.04 Å². The Morgan fingerprint density at radius 3 is 2.83 bits per heavy atom. The summed E-state index contributed by atoms with van der Waals surface area (Å²) in [5.74, 6) is -0.727. The number of aryl methyl sites for hydroxylation is 1. The molecule has 1 aromatic rings. The van der Waals surface area contributed by atoms with E-state index >= 15 is 0 Å². The third kappa shape index (κ3) is 3.96. The zero-order chi connectivity index (χ0) is 13.7. The lowest BCUT2D eigenvalue weighted by Crippen LogP contribution is -2.19. The third-order valence-corrected chi connectivity index (χ3v) is 3.22. The molecule has 0 aliphatic rings. The number of benzene rings is 1. The van der Waals surface area contributed by atoms with Crippen LogP contribution in [0.1, 0.15) is 30.5 Å². The van der Waals surface area contributed by atoms with Crippen LogP contribution < -0.4 is 4.72 Å². The maximum absolute atomic E-state index is 14.0. The van der Waals surface area contributed by atoms with E-state index in [2.05, 4.69) is 33.5 Å². The van der Waals surface area contributed by atoms with Crippen LogP contribution in [0.2, 0.25) is 0 Å². The fourth-order valence-corrected chi connectivity index (χ4v) is 2.44. The molecular formula is C12H15BrFNO2S. The average molecular weight is 336 g/mol. The molecule has 0 aromatic heterocycles. The lowest BCUT2D eigenvalue weighted by Gasteiger charge is -2.17. The molecule has 0 saturated heterocycles. The van der Waals surface area contributed by atoms with Gasteiger partial charge in [-0.2, -0.15) is 0 Å². The van der Waals surface area contributed by atoms with Crippen LogP contribution in [0.25, 0.3) is 0 Å². The number of nitrogens with one attached hydrogen (secondary N) is 1. The summed E-state index contributed by atoms with van der Waals surface area (Å²) in [5, 5.41) is 0. The predicted octanol–water partition coefficient (Wildman–Crippen LogP) is 3.33. The van der Waals surface area contributed by atoms with Crippen molar-refractivity contribution in [3.05, 3.63) is 33.5 Å². The highest BCUT2D eigenvalue weighted by molar-refractivity contribution is 9.10. The summed E-state index contributed by atoms with van der Waals surface area (Å²) in [4.78, 5) is 11.4. The van der Waals surface area contributed by atoms with Gasteiger partial charge in [-0.3, -0.25) is 9.52 Å². The zero-order valence-electron chi connectivity index (χ0n) is 10.2. The highest BCUT2D eigenvalue weighted by Crippen LogP contribution is 2.27. The summed E-state index contributed by atoms with van der Waals surface area (Å²) in [5.41, 5.74) is 0.904. The quantitative estimate of drug-likeness (QED) is 0.640. The minimum atomic E-state index is -0.524. The lowest BCUT2D eigenvalue weighted by atomic mass is 10.0. The first kappa shape index (κ1) is 15.5. The summed E-state index contributed by atoms with van der Waals surface area (Å²) >= 11 is 7.25. The van der Waals surface area contributed by atoms with Crippen molar-refractivity contribution in [2.24, 2.45) is 0 Å². The van der Waals surface area contributed by atoms with Crippen LogP contribution in [-0.2, 0) is 9.53 Å². The first-order chi connectivity index (χ1) is 8.49. The molecule has 0 amide bonds. The van der Waals surface area contributed by atoms with Gasteiger partial charge in [0, 0.05) is 10.0 Å². The smallest absolute Gasteiger partial charge is 0.307 e. The minimum Gasteiger partial charge on any atom is -0.466 e. The molecule has 0 aliphatic heterocycles. The number of rotatable bonds is 5. The van der Waals surface area contributed by atoms with Gasteiger partial charge in [0.1, 0.15) is 5.82 Å². The molecule has 1 aromatic carbocycles. The molecule has 0 spiro atoms. The summed E-state index contributed by atoms with van der Waals surface area (Å²) in [6, 6.07) is 2.79. The van der Waals surface area contributed by atoms with Gasteiger partial charge in [-0.15, -0.1) is 0 Å². The van der Waals surface area contributed by atoms with Gasteiger partial charge in [-0.25, -0.2) is 4.39 Å². The van der Waals surface area contributed by atoms with Crippen LogP contribution in [0.15, 0.2) is 16.6 Å². The Bertz CT molecular complexity index is 442. The number of halogens is 2. The molecule has 0 aliphatic carbocycles. The van der Waals surface area contributed by atoms with Crippen LogP contribution in [0, 0.1) is 12.7 Å². The minimum absolute atomic E-state index is 0.0319. The van der Waals surface area contributed by atoms with Crippen LogP contribution in [0.3, 0.4) is 0 Å². The van der Waals surface area contributed by atoms with Crippen LogP contribution >= 0.6 is 28.7 Å². The molecular weight excluding hydrogens is 321 g/mol. The van der Waals surface area contributed by atoms with Crippen molar-refractivity contribution in [2.75, 3.05) is 6.61 Å². The number of hydrogen-bond donors (Lipinski definition) is 2. The van der Waals surface area contributed by atoms with Gasteiger partial charge in [0.15, 0.2) is 0 Å². The van der Waals surface area contributed by atoms with E-state index in [1.807, 2.05) is 0 Å². The van der Waals surface area contributed by atoms with Crippen molar-refractivity contribution in [3.63, 3.8) is 0 Å². The predicted molar refractivity (Wildman–Crippen MR) is 74.9 cm³/mol. The largest absolute Gasteiger partial charge is 0.466 e. The SMILES string of the molecule is CCOC(=O)CC(NS)c1cc(Br)cc(C)c1F. The van der Waals surface area contributed by atoms with Gasteiger partial charge >= 0.3 is 5.97 Å². The van der Waals surface area contributed by atoms with Gasteiger partial charge in [0.25, 0.3) is 0 Å². The Labute approximate surface area is 120 Å². The third-order valence-electron chi connectivity index (χ3n) is 2.45. The van der Waals surface area contributed by atoms with Crippen molar-refractivity contribution in [3.8, 4) is 0 Å². The molecule has 1 atom stereocenters. The molecule has 3 nitrogen and oxygen atoms in total. The highest BCUT2D eigenvalue weighted by atomic mass is 79.9. The number of esters is 1. The summed E-state index contributed by atoms with van der Waals surface area (Å²) in [6.07, 6.45) is 0.0319. The highest BCUT2D eigenvalue weighted by Gasteiger charge is 2.20. The van der Waals surface area contributed by atoms with Crippen LogP contribution in [0.5, 0.6) is 0 Å². The average Bonchev–Trinajstić information content (AvgIpc) is 2.31. The second-order valence-corrected chi connectivity index (χ2v) is 4.99. The zero-order valence-corrected chi connectivity index (χ0v) is 12.6. The normalized spacial score (nSPS) is 12.3. The monoisotopic (exact) mass is 335 g/mol. The number of ether oxygens (including phenoxy) is 1. The molecule has 0 radical (unpaired) electrons. The van der Waals surface area contributed by atoms with Gasteiger partial charge < -0.3 is 4.74 Å². The van der Waals surface area contributed by atoms with E-state index in [1.54, 1.807) is 26.0 Å². The lowest BCUT2D eigenvalue weighted by molar-refractivity contribution is -0.143. The van der Waals surface area contributed by atoms with Gasteiger partial charge in [-0.1, -0.05) is 28.7 Å². The van der Waals surface area contributed by atoms with Crippen molar-refractivity contribution in [1.82, 2.24) is 4.72 Å². The van der Waals surface area contributed by atoms with Crippen molar-refractivity contribution in [2.45, 2.75) is 26.3 Å². The Kier molecular flexibility index (Phi) is 6.11. The van der Waals surface area contributed by atoms with Gasteiger partial charge in [0.05, 0.1) is 19.1 Å². The summed E-state index contributed by atoms with van der Waals surface area (Å²) < 4.78 is 22.3. The fraction of sp³-hybridized carbons (Fsp3) is 0.417. The Hall–Kier alpha value is -0.590. The molecule has 100 valence electrons. The topological polar surface area (TPSA) is 38.3 Å². The summed E-state index contributed by atoms with van der Waals surface area (Å²) in [7, 11) is 0. The second-order valence-electron chi connectivity index (χ2n) is 3.82. The molecule has 1 unspecified atom stereocenters. The molecule has 18 heavy (non-hydrogen) atoms. The molecule has 0 heterocycles. The van der Waals surface area contributed by atoms with Crippen LogP contribution in [0.4, 0.5) is 4.39 Å².